The minimum absolute atomic E-state index is 0.240. The number of hydrogen-bond donors (Lipinski definition) is 0. The molecule has 0 radical (unpaired) electrons. The van der Waals surface area contributed by atoms with Crippen molar-refractivity contribution in [1.82, 2.24) is 4.57 Å². The maximum Gasteiger partial charge on any atom is 0.419 e. The van der Waals surface area contributed by atoms with Gasteiger partial charge in [0.1, 0.15) is 0 Å². The third-order valence-electron chi connectivity index (χ3n) is 3.71. The fourth-order valence-corrected chi connectivity index (χ4v) is 2.33. The average molecular weight is 228 g/mol. The van der Waals surface area contributed by atoms with Crippen LogP contribution in [0.25, 0.3) is 11.1 Å². The second-order valence-corrected chi connectivity index (χ2v) is 4.94. The van der Waals surface area contributed by atoms with Crippen molar-refractivity contribution < 1.29 is 4.42 Å². The van der Waals surface area contributed by atoms with E-state index in [9.17, 15) is 4.79 Å². The molecular weight excluding hydrogens is 216 g/mol. The van der Waals surface area contributed by atoms with Crippen molar-refractivity contribution in [3.05, 3.63) is 34.3 Å². The lowest BCUT2D eigenvalue weighted by molar-refractivity contribution is 0.528. The molecule has 0 spiro atoms. The van der Waals surface area contributed by atoms with Gasteiger partial charge in [0, 0.05) is 13.0 Å². The zero-order valence-electron chi connectivity index (χ0n) is 9.73. The summed E-state index contributed by atoms with van der Waals surface area (Å²) in [6, 6.07) is 8.04. The van der Waals surface area contributed by atoms with Crippen LogP contribution >= 0.6 is 0 Å². The zero-order chi connectivity index (χ0) is 12.2. The van der Waals surface area contributed by atoms with E-state index in [-0.39, 0.29) is 17.1 Å². The van der Waals surface area contributed by atoms with Gasteiger partial charge < -0.3 is 4.42 Å². The summed E-state index contributed by atoms with van der Waals surface area (Å²) >= 11 is 0. The molecule has 1 aliphatic carbocycles. The first-order valence-electron chi connectivity index (χ1n) is 5.56. The first kappa shape index (κ1) is 10.2. The van der Waals surface area contributed by atoms with Crippen molar-refractivity contribution in [2.75, 3.05) is 0 Å². The van der Waals surface area contributed by atoms with E-state index in [1.165, 1.54) is 4.57 Å². The molecule has 1 saturated carbocycles. The second kappa shape index (κ2) is 3.01. The van der Waals surface area contributed by atoms with E-state index >= 15 is 0 Å². The number of nitrogens with zero attached hydrogens (tertiary/aromatic N) is 2. The second-order valence-electron chi connectivity index (χ2n) is 4.94. The minimum Gasteiger partial charge on any atom is -0.408 e. The van der Waals surface area contributed by atoms with Crippen LogP contribution in [0.1, 0.15) is 24.8 Å². The largest absolute Gasteiger partial charge is 0.419 e. The summed E-state index contributed by atoms with van der Waals surface area (Å²) < 4.78 is 6.57. The predicted octanol–water partition coefficient (Wildman–Crippen LogP) is 2.15. The fraction of sp³-hybridized carbons (Fsp3) is 0.385. The summed E-state index contributed by atoms with van der Waals surface area (Å²) in [7, 11) is 1.69. The lowest BCUT2D eigenvalue weighted by Gasteiger charge is -2.02. The summed E-state index contributed by atoms with van der Waals surface area (Å²) in [6.45, 7) is 1.97. The molecule has 0 amide bonds. The van der Waals surface area contributed by atoms with Crippen molar-refractivity contribution in [3.63, 3.8) is 0 Å². The summed E-state index contributed by atoms with van der Waals surface area (Å²) in [5, 5.41) is 9.05. The number of fused-ring (bicyclic) bond motifs is 1. The first-order valence-corrected chi connectivity index (χ1v) is 5.56. The molecule has 4 heteroatoms. The highest BCUT2D eigenvalue weighted by Crippen LogP contribution is 2.58. The SMILES string of the molecule is Cn1c(=O)oc2ccc(C3CC3(C)C#N)cc21. The van der Waals surface area contributed by atoms with E-state index in [0.29, 0.717) is 5.58 Å². The van der Waals surface area contributed by atoms with Crippen LogP contribution in [0.15, 0.2) is 27.4 Å². The molecule has 0 aliphatic heterocycles. The Morgan fingerprint density at radius 3 is 3.00 bits per heavy atom. The molecule has 1 heterocycles. The minimum atomic E-state index is -0.351. The van der Waals surface area contributed by atoms with E-state index in [1.807, 2.05) is 25.1 Å². The van der Waals surface area contributed by atoms with E-state index in [1.54, 1.807) is 7.05 Å². The fourth-order valence-electron chi connectivity index (χ4n) is 2.33. The van der Waals surface area contributed by atoms with E-state index in [0.717, 1.165) is 17.5 Å². The Balaban J connectivity index is 2.13. The molecule has 2 aromatic rings. The molecule has 0 N–H and O–H groups in total. The van der Waals surface area contributed by atoms with Crippen molar-refractivity contribution in [2.24, 2.45) is 12.5 Å². The van der Waals surface area contributed by atoms with Gasteiger partial charge in [-0.3, -0.25) is 4.57 Å². The Morgan fingerprint density at radius 1 is 1.59 bits per heavy atom. The molecule has 2 unspecified atom stereocenters. The van der Waals surface area contributed by atoms with Crippen LogP contribution in [0.3, 0.4) is 0 Å². The van der Waals surface area contributed by atoms with Crippen LogP contribution in [0.5, 0.6) is 0 Å². The summed E-state index contributed by atoms with van der Waals surface area (Å²) in [5.41, 5.74) is 2.26. The third-order valence-corrected chi connectivity index (χ3v) is 3.71. The molecule has 2 atom stereocenters. The lowest BCUT2D eigenvalue weighted by atomic mass is 10.0. The molecule has 1 aliphatic rings. The van der Waals surface area contributed by atoms with Crippen LogP contribution in [0.2, 0.25) is 0 Å². The van der Waals surface area contributed by atoms with Crippen LogP contribution in [-0.4, -0.2) is 4.57 Å². The van der Waals surface area contributed by atoms with Crippen molar-refractivity contribution in [2.45, 2.75) is 19.3 Å². The number of aryl methyl sites for hydroxylation is 1. The van der Waals surface area contributed by atoms with Gasteiger partial charge in [0.15, 0.2) is 5.58 Å². The highest BCUT2D eigenvalue weighted by Gasteiger charge is 2.51. The number of oxazole rings is 1. The first-order chi connectivity index (χ1) is 8.05. The van der Waals surface area contributed by atoms with Gasteiger partial charge in [-0.2, -0.15) is 5.26 Å². The highest BCUT2D eigenvalue weighted by molar-refractivity contribution is 5.74. The number of aromatic nitrogens is 1. The quantitative estimate of drug-likeness (QED) is 0.751. The van der Waals surface area contributed by atoms with Gasteiger partial charge in [-0.25, -0.2) is 4.79 Å². The summed E-state index contributed by atoms with van der Waals surface area (Å²) in [5.74, 6) is -0.0714. The van der Waals surface area contributed by atoms with Crippen molar-refractivity contribution in [1.29, 1.82) is 5.26 Å². The highest BCUT2D eigenvalue weighted by atomic mass is 16.4. The van der Waals surface area contributed by atoms with Gasteiger partial charge in [-0.05, 0) is 31.0 Å². The zero-order valence-corrected chi connectivity index (χ0v) is 9.73. The average Bonchev–Trinajstić information content (AvgIpc) is 2.93. The molecule has 17 heavy (non-hydrogen) atoms. The molecule has 3 rings (SSSR count). The third kappa shape index (κ3) is 1.32. The molecule has 1 fully saturated rings. The van der Waals surface area contributed by atoms with Crippen molar-refractivity contribution >= 4 is 11.1 Å². The molecule has 86 valence electrons. The van der Waals surface area contributed by atoms with Gasteiger partial charge in [0.05, 0.1) is 17.0 Å². The predicted molar refractivity (Wildman–Crippen MR) is 62.5 cm³/mol. The number of benzene rings is 1. The monoisotopic (exact) mass is 228 g/mol. The van der Waals surface area contributed by atoms with Crippen LogP contribution in [-0.2, 0) is 7.05 Å². The van der Waals surface area contributed by atoms with E-state index < -0.39 is 0 Å². The molecule has 0 bridgehead atoms. The lowest BCUT2D eigenvalue weighted by Crippen LogP contribution is -2.08. The molecular formula is C13H12N2O2. The Morgan fingerprint density at radius 2 is 2.35 bits per heavy atom. The van der Waals surface area contributed by atoms with Crippen LogP contribution in [0, 0.1) is 16.7 Å². The summed E-state index contributed by atoms with van der Waals surface area (Å²) in [6.07, 6.45) is 0.890. The Hall–Kier alpha value is -2.02. The maximum atomic E-state index is 11.4. The standard InChI is InChI=1S/C13H12N2O2/c1-13(7-14)6-9(13)8-3-4-11-10(5-8)15(2)12(16)17-11/h3-5,9H,6H2,1-2H3. The Labute approximate surface area is 98.1 Å². The van der Waals surface area contributed by atoms with E-state index in [2.05, 4.69) is 6.07 Å². The summed E-state index contributed by atoms with van der Waals surface area (Å²) in [4.78, 5) is 11.4. The van der Waals surface area contributed by atoms with Gasteiger partial charge in [0.25, 0.3) is 0 Å². The topological polar surface area (TPSA) is 58.9 Å². The smallest absolute Gasteiger partial charge is 0.408 e. The Bertz CT molecular complexity index is 704. The van der Waals surface area contributed by atoms with Crippen LogP contribution < -0.4 is 5.76 Å². The van der Waals surface area contributed by atoms with Gasteiger partial charge >= 0.3 is 5.76 Å². The van der Waals surface area contributed by atoms with Crippen LogP contribution in [0.4, 0.5) is 0 Å². The number of nitriles is 1. The maximum absolute atomic E-state index is 11.4. The van der Waals surface area contributed by atoms with Gasteiger partial charge in [0.2, 0.25) is 0 Å². The molecule has 1 aromatic carbocycles. The van der Waals surface area contributed by atoms with Crippen molar-refractivity contribution in [3.8, 4) is 6.07 Å². The van der Waals surface area contributed by atoms with E-state index in [4.69, 9.17) is 9.68 Å². The normalized spacial score (nSPS) is 27.0. The van der Waals surface area contributed by atoms with Gasteiger partial charge in [-0.1, -0.05) is 6.07 Å². The molecule has 4 nitrogen and oxygen atoms in total. The number of rotatable bonds is 1. The molecule has 1 aromatic heterocycles. The van der Waals surface area contributed by atoms with Gasteiger partial charge in [-0.15, -0.1) is 0 Å². The Kier molecular flexibility index (Phi) is 1.80. The molecule has 0 saturated heterocycles. The number of hydrogen-bond acceptors (Lipinski definition) is 3.